The minimum atomic E-state index is -1.76. The van der Waals surface area contributed by atoms with Crippen molar-refractivity contribution in [3.05, 3.63) is 83.0 Å². The van der Waals surface area contributed by atoms with Crippen LogP contribution in [0.1, 0.15) is 71.3 Å². The second-order valence-corrected chi connectivity index (χ2v) is 11.1. The summed E-state index contributed by atoms with van der Waals surface area (Å²) in [4.78, 5) is 38.1. The number of H-pyrrole nitrogens is 1. The number of amides is 2. The summed E-state index contributed by atoms with van der Waals surface area (Å²) in [6.07, 6.45) is 3.92. The highest BCUT2D eigenvalue weighted by Gasteiger charge is 2.28. The predicted molar refractivity (Wildman–Crippen MR) is 156 cm³/mol. The van der Waals surface area contributed by atoms with Gasteiger partial charge in [-0.3, -0.25) is 14.6 Å². The van der Waals surface area contributed by atoms with Crippen LogP contribution in [0.5, 0.6) is 5.75 Å². The van der Waals surface area contributed by atoms with Crippen molar-refractivity contribution >= 4 is 34.5 Å². The quantitative estimate of drug-likeness (QED) is 0.201. The number of rotatable bonds is 8. The smallest absolute Gasteiger partial charge is 0.272 e. The molecule has 0 spiro atoms. The Hall–Kier alpha value is -4.49. The molecule has 220 valence electrons. The summed E-state index contributed by atoms with van der Waals surface area (Å²) < 4.78 is 24.9. The van der Waals surface area contributed by atoms with Gasteiger partial charge in [-0.1, -0.05) is 32.9 Å². The van der Waals surface area contributed by atoms with Crippen molar-refractivity contribution in [2.24, 2.45) is 4.99 Å². The molecule has 1 saturated heterocycles. The maximum Gasteiger partial charge on any atom is 0.272 e. The van der Waals surface area contributed by atoms with Gasteiger partial charge in [0.1, 0.15) is 17.5 Å². The Morgan fingerprint density at radius 1 is 1.14 bits per heavy atom. The van der Waals surface area contributed by atoms with Crippen LogP contribution in [-0.4, -0.2) is 71.2 Å². The maximum absolute atomic E-state index is 13.4. The lowest BCUT2D eigenvalue weighted by atomic mass is 10.1. The number of hydrogen-bond donors (Lipinski definition) is 3. The summed E-state index contributed by atoms with van der Waals surface area (Å²) >= 11 is -1.76. The number of pyridine rings is 1. The first-order valence-corrected chi connectivity index (χ1v) is 14.9. The molecule has 1 aliphatic heterocycles. The summed E-state index contributed by atoms with van der Waals surface area (Å²) in [5.41, 5.74) is 1.99. The lowest BCUT2D eigenvalue weighted by molar-refractivity contribution is 0.0530. The molecule has 1 fully saturated rings. The van der Waals surface area contributed by atoms with Crippen LogP contribution in [0.3, 0.4) is 0 Å². The summed E-state index contributed by atoms with van der Waals surface area (Å²) in [6, 6.07) is 11.6. The standard InChI is InChI=1S/C29H33N7O5S/c1-4-21(24-16-19(17-41-24)18(2)3)31-26-27(34-42(40)33-26)32-22-10-7-8-20(25(22)37)28(38)35-12-14-36(15-13-35)29(39)23-9-5-6-11-30-23/h5-11,16-18,21,37H,4,12-15H2,1-3H3,(H,31,33)(H,32,34)/t21-,42?/m1/s1. The fourth-order valence-electron chi connectivity index (χ4n) is 4.69. The zero-order valence-corrected chi connectivity index (χ0v) is 24.4. The third-order valence-corrected chi connectivity index (χ3v) is 7.86. The van der Waals surface area contributed by atoms with E-state index >= 15 is 0 Å². The van der Waals surface area contributed by atoms with Gasteiger partial charge in [-0.05, 0) is 48.2 Å². The first-order chi connectivity index (χ1) is 20.2. The highest BCUT2D eigenvalue weighted by molar-refractivity contribution is 7.13. The Bertz CT molecular complexity index is 1620. The van der Waals surface area contributed by atoms with Crippen LogP contribution >= 0.6 is 11.1 Å². The lowest BCUT2D eigenvalue weighted by Gasteiger charge is -2.34. The number of benzene rings is 1. The average Bonchev–Trinajstić information content (AvgIpc) is 3.63. The molecule has 4 aromatic rings. The second-order valence-electron chi connectivity index (χ2n) is 10.3. The maximum atomic E-state index is 13.4. The van der Waals surface area contributed by atoms with E-state index in [9.17, 15) is 19.2 Å². The van der Waals surface area contributed by atoms with Gasteiger partial charge in [0.2, 0.25) is 11.3 Å². The van der Waals surface area contributed by atoms with Gasteiger partial charge < -0.3 is 29.2 Å². The molecule has 1 aliphatic rings. The monoisotopic (exact) mass is 591 g/mol. The van der Waals surface area contributed by atoms with Gasteiger partial charge >= 0.3 is 0 Å². The second kappa shape index (κ2) is 12.6. The highest BCUT2D eigenvalue weighted by Crippen LogP contribution is 2.31. The number of nitrogens with zero attached hydrogens (tertiary/aromatic N) is 5. The number of phenols is 1. The molecule has 0 radical (unpaired) electrons. The number of carbonyl (C=O) groups is 2. The number of nitrogens with one attached hydrogen (secondary N) is 2. The topological polar surface area (TPSA) is 163 Å². The fourth-order valence-corrected chi connectivity index (χ4v) is 5.34. The molecule has 4 heterocycles. The van der Waals surface area contributed by atoms with E-state index in [0.717, 1.165) is 5.56 Å². The normalized spacial score (nSPS) is 15.3. The molecule has 42 heavy (non-hydrogen) atoms. The first kappa shape index (κ1) is 29.0. The van der Waals surface area contributed by atoms with E-state index in [2.05, 4.69) is 32.9 Å². The van der Waals surface area contributed by atoms with Crippen LogP contribution < -0.4 is 10.8 Å². The number of anilines is 2. The van der Waals surface area contributed by atoms with Crippen LogP contribution in [0.25, 0.3) is 0 Å². The minimum Gasteiger partial charge on any atom is -0.548 e. The van der Waals surface area contributed by atoms with E-state index in [-0.39, 0.29) is 46.2 Å². The van der Waals surface area contributed by atoms with Gasteiger partial charge in [-0.2, -0.15) is 0 Å². The van der Waals surface area contributed by atoms with Crippen LogP contribution in [-0.2, 0) is 0 Å². The van der Waals surface area contributed by atoms with E-state index < -0.39 is 11.1 Å². The molecule has 1 aromatic carbocycles. The van der Waals surface area contributed by atoms with Gasteiger partial charge in [-0.15, -0.1) is 4.37 Å². The minimum absolute atomic E-state index is 0.0962. The zero-order chi connectivity index (χ0) is 29.8. The predicted octanol–water partition coefficient (Wildman–Crippen LogP) is 4.35. The Morgan fingerprint density at radius 2 is 1.88 bits per heavy atom. The van der Waals surface area contributed by atoms with Gasteiger partial charge in [0, 0.05) is 36.7 Å². The van der Waals surface area contributed by atoms with Gasteiger partial charge in [0.25, 0.3) is 11.8 Å². The molecular formula is C29H33N7O5S. The van der Waals surface area contributed by atoms with E-state index in [1.165, 1.54) is 6.07 Å². The third kappa shape index (κ3) is 6.21. The van der Waals surface area contributed by atoms with Crippen LogP contribution in [0.2, 0.25) is 0 Å². The largest absolute Gasteiger partial charge is 0.548 e. The van der Waals surface area contributed by atoms with Crippen molar-refractivity contribution in [2.45, 2.75) is 39.2 Å². The van der Waals surface area contributed by atoms with E-state index in [1.54, 1.807) is 52.6 Å². The van der Waals surface area contributed by atoms with Crippen LogP contribution in [0.15, 0.2) is 64.3 Å². The SMILES string of the molecule is CC[C@@H](N=c1[nH][s+]([O-])nc1Nc1cccc(C(=O)N2CCN(C(=O)c3ccccn3)CC2)c1O)c1cc(C(C)C)co1. The van der Waals surface area contributed by atoms with Crippen molar-refractivity contribution < 1.29 is 23.7 Å². The number of furan rings is 1. The first-order valence-electron chi connectivity index (χ1n) is 13.8. The molecule has 5 rings (SSSR count). The van der Waals surface area contributed by atoms with Gasteiger partial charge in [-0.25, -0.2) is 4.99 Å². The third-order valence-electron chi connectivity index (χ3n) is 7.15. The Kier molecular flexibility index (Phi) is 8.69. The molecule has 12 nitrogen and oxygen atoms in total. The molecule has 1 unspecified atom stereocenters. The number of aromatic hydroxyl groups is 1. The van der Waals surface area contributed by atoms with Crippen molar-refractivity contribution in [1.29, 1.82) is 0 Å². The molecule has 0 saturated carbocycles. The number of para-hydroxylation sites is 1. The molecule has 2 atom stereocenters. The van der Waals surface area contributed by atoms with Crippen molar-refractivity contribution in [3.8, 4) is 5.75 Å². The number of piperazine rings is 1. The van der Waals surface area contributed by atoms with E-state index in [4.69, 9.17) is 9.41 Å². The zero-order valence-electron chi connectivity index (χ0n) is 23.6. The van der Waals surface area contributed by atoms with Gasteiger partial charge in [0.05, 0.1) is 17.5 Å². The molecule has 0 aliphatic carbocycles. The number of hydrogen-bond acceptors (Lipinski definition) is 9. The van der Waals surface area contributed by atoms with Crippen LogP contribution in [0, 0.1) is 0 Å². The Balaban J connectivity index is 1.32. The Morgan fingerprint density at radius 3 is 2.52 bits per heavy atom. The lowest BCUT2D eigenvalue weighted by Crippen LogP contribution is -2.50. The molecule has 13 heteroatoms. The molecule has 3 aromatic heterocycles. The molecule has 2 amide bonds. The van der Waals surface area contributed by atoms with Crippen molar-refractivity contribution in [3.63, 3.8) is 0 Å². The van der Waals surface area contributed by atoms with Gasteiger partial charge in [0.15, 0.2) is 16.9 Å². The molecular weight excluding hydrogens is 558 g/mol. The van der Waals surface area contributed by atoms with Crippen molar-refractivity contribution in [1.82, 2.24) is 23.5 Å². The number of carbonyl (C=O) groups excluding carboxylic acids is 2. The summed E-state index contributed by atoms with van der Waals surface area (Å²) in [7, 11) is 0. The molecule has 3 N–H and O–H groups in total. The average molecular weight is 592 g/mol. The number of phenolic OH excluding ortho intramolecular Hbond substituents is 1. The highest BCUT2D eigenvalue weighted by atomic mass is 32.2. The van der Waals surface area contributed by atoms with E-state index in [1.807, 2.05) is 13.0 Å². The van der Waals surface area contributed by atoms with Crippen molar-refractivity contribution in [2.75, 3.05) is 31.5 Å². The number of aromatic nitrogens is 3. The molecule has 0 bridgehead atoms. The van der Waals surface area contributed by atoms with E-state index in [0.29, 0.717) is 50.0 Å². The summed E-state index contributed by atoms with van der Waals surface area (Å²) in [5.74, 6) is 0.340. The summed E-state index contributed by atoms with van der Waals surface area (Å²) in [6.45, 7) is 7.44. The summed E-state index contributed by atoms with van der Waals surface area (Å²) in [5, 5.41) is 14.0. The fraction of sp³-hybridized carbons (Fsp3) is 0.345. The number of aromatic amines is 1. The van der Waals surface area contributed by atoms with Crippen LogP contribution in [0.4, 0.5) is 11.5 Å². The Labute approximate surface area is 245 Å².